The van der Waals surface area contributed by atoms with Crippen molar-refractivity contribution in [3.05, 3.63) is 29.6 Å². The van der Waals surface area contributed by atoms with Crippen LogP contribution in [0.2, 0.25) is 0 Å². The number of likely N-dealkylation sites (tertiary alicyclic amines) is 1. The quantitative estimate of drug-likeness (QED) is 0.690. The molecule has 27 heavy (non-hydrogen) atoms. The highest BCUT2D eigenvalue weighted by Crippen LogP contribution is 2.26. The van der Waals surface area contributed by atoms with E-state index in [2.05, 4.69) is 5.32 Å². The minimum absolute atomic E-state index is 0.0323. The Labute approximate surface area is 158 Å². The van der Waals surface area contributed by atoms with Gasteiger partial charge in [0.2, 0.25) is 0 Å². The number of amides is 1. The highest BCUT2D eigenvalue weighted by atomic mass is 19.1. The molecule has 0 radical (unpaired) electrons. The molecular formula is C19H27FN2O5. The number of rotatable bonds is 7. The molecule has 1 heterocycles. The molecule has 2 N–H and O–H groups in total. The Morgan fingerprint density at radius 1 is 1.41 bits per heavy atom. The molecule has 0 unspecified atom stereocenters. The number of methoxy groups -OCH3 is 2. The number of halogens is 1. The first kappa shape index (κ1) is 21.1. The van der Waals surface area contributed by atoms with Crippen LogP contribution >= 0.6 is 0 Å². The van der Waals surface area contributed by atoms with Crippen LogP contribution in [-0.2, 0) is 20.9 Å². The van der Waals surface area contributed by atoms with E-state index in [1.807, 2.05) is 0 Å². The van der Waals surface area contributed by atoms with Gasteiger partial charge in [-0.2, -0.15) is 0 Å². The third kappa shape index (κ3) is 4.75. The molecule has 1 fully saturated rings. The minimum Gasteiger partial charge on any atom is -0.497 e. The number of ether oxygens (including phenoxy) is 2. The number of hydrogen-bond donors (Lipinski definition) is 2. The van der Waals surface area contributed by atoms with Crippen LogP contribution in [0.1, 0.15) is 32.3 Å². The molecular weight excluding hydrogens is 355 g/mol. The second-order valence-electron chi connectivity index (χ2n) is 7.29. The fourth-order valence-corrected chi connectivity index (χ4v) is 3.08. The van der Waals surface area contributed by atoms with Crippen LogP contribution in [-0.4, -0.2) is 60.3 Å². The van der Waals surface area contributed by atoms with Crippen molar-refractivity contribution in [3.8, 4) is 5.75 Å². The first-order valence-electron chi connectivity index (χ1n) is 8.80. The van der Waals surface area contributed by atoms with Crippen LogP contribution in [0, 0.1) is 5.82 Å². The van der Waals surface area contributed by atoms with E-state index in [1.165, 1.54) is 37.3 Å². The number of nitrogens with one attached hydrogen (secondary N) is 1. The van der Waals surface area contributed by atoms with E-state index in [-0.39, 0.29) is 19.5 Å². The second kappa shape index (κ2) is 8.22. The summed E-state index contributed by atoms with van der Waals surface area (Å²) in [5, 5.41) is 13.8. The number of hydrogen-bond acceptors (Lipinski definition) is 6. The molecule has 150 valence electrons. The van der Waals surface area contributed by atoms with Gasteiger partial charge in [-0.15, -0.1) is 0 Å². The van der Waals surface area contributed by atoms with Crippen molar-refractivity contribution in [2.45, 2.75) is 44.4 Å². The Bertz CT molecular complexity index is 709. The number of nitrogens with zero attached hydrogens (tertiary/aromatic N) is 1. The van der Waals surface area contributed by atoms with E-state index in [4.69, 9.17) is 9.47 Å². The Balaban J connectivity index is 2.11. The van der Waals surface area contributed by atoms with Crippen molar-refractivity contribution in [3.63, 3.8) is 0 Å². The highest BCUT2D eigenvalue weighted by molar-refractivity contribution is 5.86. The first-order valence-corrected chi connectivity index (χ1v) is 8.80. The lowest BCUT2D eigenvalue weighted by Gasteiger charge is -2.39. The molecule has 2 rings (SSSR count). The molecule has 0 saturated carbocycles. The number of esters is 1. The average Bonchev–Trinajstić information content (AvgIpc) is 2.65. The van der Waals surface area contributed by atoms with Crippen molar-refractivity contribution >= 4 is 11.9 Å². The fourth-order valence-electron chi connectivity index (χ4n) is 3.08. The Morgan fingerprint density at radius 3 is 2.74 bits per heavy atom. The van der Waals surface area contributed by atoms with Gasteiger partial charge in [0.1, 0.15) is 17.1 Å². The summed E-state index contributed by atoms with van der Waals surface area (Å²) in [6.07, 6.45) is 0.821. The average molecular weight is 382 g/mol. The molecule has 0 spiro atoms. The highest BCUT2D eigenvalue weighted by Gasteiger charge is 2.44. The van der Waals surface area contributed by atoms with Gasteiger partial charge in [-0.25, -0.2) is 4.39 Å². The maximum atomic E-state index is 14.1. The lowest BCUT2D eigenvalue weighted by Crippen LogP contribution is -2.61. The number of piperidine rings is 1. The summed E-state index contributed by atoms with van der Waals surface area (Å²) in [5.74, 6) is -0.941. The van der Waals surface area contributed by atoms with Gasteiger partial charge < -0.3 is 19.5 Å². The number of benzene rings is 1. The smallest absolute Gasteiger partial charge is 0.325 e. The SMILES string of the molecule is COC(=O)C(C)(C)NC[C@]1(O)CCCN(Cc2cc(OC)ccc2F)C1=O. The molecule has 0 aliphatic carbocycles. The number of carbonyl (C=O) groups excluding carboxylic acids is 2. The van der Waals surface area contributed by atoms with E-state index in [0.717, 1.165) is 0 Å². The predicted octanol–water partition coefficient (Wildman–Crippen LogP) is 1.23. The molecule has 1 atom stereocenters. The normalized spacial score (nSPS) is 20.5. The first-order chi connectivity index (χ1) is 12.6. The third-order valence-electron chi connectivity index (χ3n) is 4.84. The predicted molar refractivity (Wildman–Crippen MR) is 96.7 cm³/mol. The van der Waals surface area contributed by atoms with E-state index in [0.29, 0.717) is 24.3 Å². The number of β-amino-alcohol motifs (C(OH)–C–C–N with tert-alkyl or cyclic N) is 1. The molecule has 1 aromatic rings. The summed E-state index contributed by atoms with van der Waals surface area (Å²) in [7, 11) is 2.76. The van der Waals surface area contributed by atoms with Gasteiger partial charge in [0, 0.05) is 25.2 Å². The minimum atomic E-state index is -1.67. The molecule has 1 aromatic carbocycles. The largest absolute Gasteiger partial charge is 0.497 e. The number of aliphatic hydroxyl groups is 1. The van der Waals surface area contributed by atoms with Crippen molar-refractivity contribution in [2.24, 2.45) is 0 Å². The topological polar surface area (TPSA) is 88.1 Å². The van der Waals surface area contributed by atoms with E-state index >= 15 is 0 Å². The van der Waals surface area contributed by atoms with Crippen molar-refractivity contribution < 1.29 is 28.6 Å². The molecule has 1 aliphatic heterocycles. The standard InChI is InChI=1S/C19H27FN2O5/c1-18(2,17(24)27-4)21-12-19(25)8-5-9-22(16(19)23)11-13-10-14(26-3)6-7-15(13)20/h6-7,10,21,25H,5,8-9,11-12H2,1-4H3/t19-/m1/s1. The zero-order chi connectivity index (χ0) is 20.2. The maximum Gasteiger partial charge on any atom is 0.325 e. The summed E-state index contributed by atoms with van der Waals surface area (Å²) >= 11 is 0. The molecule has 8 heteroatoms. The second-order valence-corrected chi connectivity index (χ2v) is 7.29. The third-order valence-corrected chi connectivity index (χ3v) is 4.84. The molecule has 1 amide bonds. The molecule has 1 aliphatic rings. The fraction of sp³-hybridized carbons (Fsp3) is 0.579. The van der Waals surface area contributed by atoms with Gasteiger partial charge in [-0.1, -0.05) is 0 Å². The van der Waals surface area contributed by atoms with E-state index in [9.17, 15) is 19.1 Å². The summed E-state index contributed by atoms with van der Waals surface area (Å²) < 4.78 is 23.9. The van der Waals surface area contributed by atoms with Gasteiger partial charge in [-0.3, -0.25) is 14.9 Å². The summed E-state index contributed by atoms with van der Waals surface area (Å²) in [6.45, 7) is 3.56. The van der Waals surface area contributed by atoms with Gasteiger partial charge >= 0.3 is 5.97 Å². The monoisotopic (exact) mass is 382 g/mol. The van der Waals surface area contributed by atoms with Gasteiger partial charge in [-0.05, 0) is 44.9 Å². The summed E-state index contributed by atoms with van der Waals surface area (Å²) in [6, 6.07) is 4.33. The summed E-state index contributed by atoms with van der Waals surface area (Å²) in [5.41, 5.74) is -2.40. The van der Waals surface area contributed by atoms with Crippen molar-refractivity contribution in [1.29, 1.82) is 0 Å². The van der Waals surface area contributed by atoms with E-state index in [1.54, 1.807) is 13.8 Å². The van der Waals surface area contributed by atoms with Crippen molar-refractivity contribution in [2.75, 3.05) is 27.3 Å². The van der Waals surface area contributed by atoms with Gasteiger partial charge in [0.05, 0.1) is 14.2 Å². The zero-order valence-corrected chi connectivity index (χ0v) is 16.2. The van der Waals surface area contributed by atoms with Gasteiger partial charge in [0.25, 0.3) is 5.91 Å². The Hall–Kier alpha value is -2.19. The van der Waals surface area contributed by atoms with Gasteiger partial charge in [0.15, 0.2) is 5.60 Å². The van der Waals surface area contributed by atoms with Crippen LogP contribution in [0.5, 0.6) is 5.75 Å². The lowest BCUT2D eigenvalue weighted by molar-refractivity contribution is -0.159. The molecule has 0 bridgehead atoms. The Morgan fingerprint density at radius 2 is 2.11 bits per heavy atom. The molecule has 7 nitrogen and oxygen atoms in total. The molecule has 1 saturated heterocycles. The van der Waals surface area contributed by atoms with Crippen LogP contribution in [0.3, 0.4) is 0 Å². The van der Waals surface area contributed by atoms with E-state index < -0.39 is 28.8 Å². The zero-order valence-electron chi connectivity index (χ0n) is 16.2. The van der Waals surface area contributed by atoms with Crippen LogP contribution in [0.4, 0.5) is 4.39 Å². The molecule has 0 aromatic heterocycles. The summed E-state index contributed by atoms with van der Waals surface area (Å²) in [4.78, 5) is 26.0. The Kier molecular flexibility index (Phi) is 6.43. The van der Waals surface area contributed by atoms with Crippen LogP contribution in [0.25, 0.3) is 0 Å². The van der Waals surface area contributed by atoms with Crippen molar-refractivity contribution in [1.82, 2.24) is 10.2 Å². The van der Waals surface area contributed by atoms with Crippen LogP contribution < -0.4 is 10.1 Å². The lowest BCUT2D eigenvalue weighted by atomic mass is 9.90. The van der Waals surface area contributed by atoms with Crippen LogP contribution in [0.15, 0.2) is 18.2 Å². The number of carbonyl (C=O) groups is 2. The maximum absolute atomic E-state index is 14.1.